The first-order chi connectivity index (χ1) is 16.4. The Morgan fingerprint density at radius 1 is 1.00 bits per heavy atom. The van der Waals surface area contributed by atoms with Gasteiger partial charge in [-0.25, -0.2) is 9.97 Å². The summed E-state index contributed by atoms with van der Waals surface area (Å²) in [5, 5.41) is 24.8. The largest absolute Gasteiger partial charge is 0.390 e. The molecule has 0 bridgehead atoms. The van der Waals surface area contributed by atoms with Gasteiger partial charge < -0.3 is 10.8 Å². The van der Waals surface area contributed by atoms with Crippen LogP contribution in [0.15, 0.2) is 73.1 Å². The summed E-state index contributed by atoms with van der Waals surface area (Å²) in [5.74, 6) is 0. The van der Waals surface area contributed by atoms with E-state index in [-0.39, 0.29) is 0 Å². The summed E-state index contributed by atoms with van der Waals surface area (Å²) >= 11 is 0. The lowest BCUT2D eigenvalue weighted by molar-refractivity contribution is -0.0738. The molecule has 1 aliphatic rings. The molecule has 7 heteroatoms. The molecule has 0 atom stereocenters. The number of hydrogen-bond acceptors (Lipinski definition) is 6. The van der Waals surface area contributed by atoms with Crippen LogP contribution in [0.25, 0.3) is 39.1 Å². The van der Waals surface area contributed by atoms with Crippen LogP contribution in [-0.2, 0) is 5.54 Å². The Morgan fingerprint density at radius 3 is 2.41 bits per heavy atom. The maximum atomic E-state index is 10.2. The zero-order valence-corrected chi connectivity index (χ0v) is 18.6. The maximum absolute atomic E-state index is 10.2. The van der Waals surface area contributed by atoms with Gasteiger partial charge in [-0.1, -0.05) is 54.6 Å². The number of nitriles is 1. The molecule has 3 N–H and O–H groups in total. The highest BCUT2D eigenvalue weighted by molar-refractivity contribution is 5.91. The Morgan fingerprint density at radius 2 is 1.74 bits per heavy atom. The Kier molecular flexibility index (Phi) is 4.33. The molecule has 3 aromatic heterocycles. The lowest BCUT2D eigenvalue weighted by Crippen LogP contribution is -2.58. The Bertz CT molecular complexity index is 1590. The van der Waals surface area contributed by atoms with Crippen molar-refractivity contribution >= 4 is 16.7 Å². The summed E-state index contributed by atoms with van der Waals surface area (Å²) in [6, 6.07) is 22.4. The van der Waals surface area contributed by atoms with E-state index >= 15 is 0 Å². The molecule has 34 heavy (non-hydrogen) atoms. The summed E-state index contributed by atoms with van der Waals surface area (Å²) in [6.45, 7) is 1.82. The first kappa shape index (κ1) is 20.5. The maximum Gasteiger partial charge on any atom is 0.175 e. The summed E-state index contributed by atoms with van der Waals surface area (Å²) in [7, 11) is 0. The average Bonchev–Trinajstić information content (AvgIpc) is 3.26. The van der Waals surface area contributed by atoms with E-state index in [4.69, 9.17) is 10.7 Å². The first-order valence-electron chi connectivity index (χ1n) is 11.1. The molecule has 0 unspecified atom stereocenters. The molecule has 7 nitrogen and oxygen atoms in total. The van der Waals surface area contributed by atoms with Crippen molar-refractivity contribution < 1.29 is 5.11 Å². The van der Waals surface area contributed by atoms with Crippen LogP contribution in [0, 0.1) is 11.3 Å². The summed E-state index contributed by atoms with van der Waals surface area (Å²) in [6.07, 6.45) is 4.32. The van der Waals surface area contributed by atoms with Gasteiger partial charge in [0, 0.05) is 28.2 Å². The molecule has 0 saturated heterocycles. The number of benzene rings is 2. The van der Waals surface area contributed by atoms with E-state index in [0.29, 0.717) is 29.7 Å². The molecule has 2 aromatic carbocycles. The smallest absolute Gasteiger partial charge is 0.175 e. The molecule has 0 spiro atoms. The van der Waals surface area contributed by atoms with Gasteiger partial charge in [0.2, 0.25) is 0 Å². The second-order valence-electron chi connectivity index (χ2n) is 9.41. The van der Waals surface area contributed by atoms with Crippen molar-refractivity contribution in [3.05, 3.63) is 84.2 Å². The van der Waals surface area contributed by atoms with Crippen LogP contribution in [0.5, 0.6) is 0 Å². The quantitative estimate of drug-likeness (QED) is 0.430. The Labute approximate surface area is 196 Å². The van der Waals surface area contributed by atoms with Gasteiger partial charge in [0.25, 0.3) is 0 Å². The van der Waals surface area contributed by atoms with Crippen molar-refractivity contribution in [2.24, 2.45) is 5.73 Å². The second-order valence-corrected chi connectivity index (χ2v) is 9.41. The predicted octanol–water partition coefficient (Wildman–Crippen LogP) is 4.18. The minimum Gasteiger partial charge on any atom is -0.390 e. The third kappa shape index (κ3) is 3.16. The van der Waals surface area contributed by atoms with E-state index in [1.54, 1.807) is 10.7 Å². The van der Waals surface area contributed by atoms with Gasteiger partial charge in [-0.2, -0.15) is 14.9 Å². The number of aliphatic hydroxyl groups is 1. The standard InChI is InChI=1S/C27H22N6O/c1-26(34)15-27(29,16-26)21-9-7-18(8-10-21)23-22(17-5-3-2-4-6-17)11-19-13-30-24-20(12-28)14-31-33(24)25(19)32-23/h2-11,13-14,34H,15-16,29H2,1H3. The molecule has 0 amide bonds. The van der Waals surface area contributed by atoms with Gasteiger partial charge in [-0.15, -0.1) is 0 Å². The SMILES string of the molecule is CC1(O)CC(N)(c2ccc(-c3nc4c(cnc5c(C#N)cnn54)cc3-c3ccccc3)cc2)C1. The summed E-state index contributed by atoms with van der Waals surface area (Å²) < 4.78 is 1.62. The van der Waals surface area contributed by atoms with Crippen LogP contribution in [0.3, 0.4) is 0 Å². The molecule has 0 aliphatic heterocycles. The van der Waals surface area contributed by atoms with Gasteiger partial charge in [0.15, 0.2) is 11.3 Å². The van der Waals surface area contributed by atoms with Crippen molar-refractivity contribution in [2.75, 3.05) is 0 Å². The minimum atomic E-state index is -0.709. The van der Waals surface area contributed by atoms with Crippen LogP contribution in [0.1, 0.15) is 30.9 Å². The number of hydrogen-bond donors (Lipinski definition) is 2. The van der Waals surface area contributed by atoms with Crippen molar-refractivity contribution in [3.8, 4) is 28.5 Å². The molecule has 6 rings (SSSR count). The molecule has 0 radical (unpaired) electrons. The van der Waals surface area contributed by atoms with Crippen molar-refractivity contribution in [1.82, 2.24) is 19.6 Å². The number of nitrogens with zero attached hydrogens (tertiary/aromatic N) is 5. The number of rotatable bonds is 3. The van der Waals surface area contributed by atoms with Gasteiger partial charge in [0.1, 0.15) is 11.6 Å². The van der Waals surface area contributed by atoms with E-state index in [1.165, 1.54) is 6.20 Å². The van der Waals surface area contributed by atoms with Crippen LogP contribution in [0.4, 0.5) is 0 Å². The molecular weight excluding hydrogens is 424 g/mol. The second kappa shape index (κ2) is 7.19. The van der Waals surface area contributed by atoms with Gasteiger partial charge >= 0.3 is 0 Å². The van der Waals surface area contributed by atoms with Crippen molar-refractivity contribution in [1.29, 1.82) is 5.26 Å². The third-order valence-corrected chi connectivity index (χ3v) is 6.63. The highest BCUT2D eigenvalue weighted by Gasteiger charge is 2.49. The summed E-state index contributed by atoms with van der Waals surface area (Å²) in [4.78, 5) is 9.47. The lowest BCUT2D eigenvalue weighted by atomic mass is 9.63. The van der Waals surface area contributed by atoms with E-state index in [0.717, 1.165) is 33.3 Å². The normalized spacial score (nSPS) is 21.9. The lowest BCUT2D eigenvalue weighted by Gasteiger charge is -2.49. The molecule has 3 heterocycles. The minimum absolute atomic E-state index is 0.409. The molecule has 1 saturated carbocycles. The van der Waals surface area contributed by atoms with Gasteiger partial charge in [-0.3, -0.25) is 0 Å². The molecule has 166 valence electrons. The Balaban J connectivity index is 1.54. The zero-order chi connectivity index (χ0) is 23.5. The van der Waals surface area contributed by atoms with Crippen molar-refractivity contribution in [3.63, 3.8) is 0 Å². The van der Waals surface area contributed by atoms with E-state index in [9.17, 15) is 10.4 Å². The van der Waals surface area contributed by atoms with Gasteiger partial charge in [-0.05, 0) is 37.0 Å². The fraction of sp³-hybridized carbons (Fsp3) is 0.185. The molecular formula is C27H22N6O. The fourth-order valence-corrected chi connectivity index (χ4v) is 5.14. The van der Waals surface area contributed by atoms with Crippen LogP contribution >= 0.6 is 0 Å². The number of pyridine rings is 1. The van der Waals surface area contributed by atoms with Crippen LogP contribution < -0.4 is 5.73 Å². The molecule has 1 fully saturated rings. The van der Waals surface area contributed by atoms with Crippen LogP contribution in [-0.4, -0.2) is 30.3 Å². The summed E-state index contributed by atoms with van der Waals surface area (Å²) in [5.41, 5.74) is 11.6. The van der Waals surface area contributed by atoms with Crippen LogP contribution in [0.2, 0.25) is 0 Å². The number of fused-ring (bicyclic) bond motifs is 3. The zero-order valence-electron chi connectivity index (χ0n) is 18.6. The van der Waals surface area contributed by atoms with Crippen molar-refractivity contribution in [2.45, 2.75) is 30.9 Å². The van der Waals surface area contributed by atoms with E-state index in [2.05, 4.69) is 34.4 Å². The first-order valence-corrected chi connectivity index (χ1v) is 11.1. The number of aromatic nitrogens is 4. The molecule has 5 aromatic rings. The Hall–Kier alpha value is -4.12. The highest BCUT2D eigenvalue weighted by Crippen LogP contribution is 2.46. The van der Waals surface area contributed by atoms with E-state index in [1.807, 2.05) is 49.4 Å². The average molecular weight is 447 g/mol. The van der Waals surface area contributed by atoms with Gasteiger partial charge in [0.05, 0.1) is 17.5 Å². The predicted molar refractivity (Wildman–Crippen MR) is 130 cm³/mol. The third-order valence-electron chi connectivity index (χ3n) is 6.63. The highest BCUT2D eigenvalue weighted by atomic mass is 16.3. The topological polar surface area (TPSA) is 113 Å². The molecule has 1 aliphatic carbocycles. The van der Waals surface area contributed by atoms with E-state index < -0.39 is 11.1 Å². The fourth-order valence-electron chi connectivity index (χ4n) is 5.14. The number of nitrogens with two attached hydrogens (primary N) is 1. The monoisotopic (exact) mass is 446 g/mol.